The van der Waals surface area contributed by atoms with Crippen LogP contribution in [0.25, 0.3) is 11.0 Å². The standard InChI is InChI=1S/C16H19BrClFN2/c1-15(2)13(16(15,3)4)8-21-12-5-9(17)10(19)6-11(12)20-14(21)7-18/h5-6,13H,7-8H2,1-4H3. The number of alkyl halides is 1. The second kappa shape index (κ2) is 4.69. The molecule has 0 spiro atoms. The topological polar surface area (TPSA) is 17.8 Å². The lowest BCUT2D eigenvalue weighted by atomic mass is 10.0. The molecule has 2 nitrogen and oxygen atoms in total. The average Bonchev–Trinajstić information content (AvgIpc) is 2.69. The number of hydrogen-bond donors (Lipinski definition) is 0. The van der Waals surface area contributed by atoms with Gasteiger partial charge in [0.15, 0.2) is 0 Å². The van der Waals surface area contributed by atoms with Crippen LogP contribution in [-0.2, 0) is 12.4 Å². The fourth-order valence-corrected chi connectivity index (χ4v) is 3.98. The van der Waals surface area contributed by atoms with Gasteiger partial charge in [-0.25, -0.2) is 9.37 Å². The van der Waals surface area contributed by atoms with Crippen molar-refractivity contribution in [2.24, 2.45) is 16.7 Å². The Kier molecular flexibility index (Phi) is 3.42. The summed E-state index contributed by atoms with van der Waals surface area (Å²) in [5.41, 5.74) is 2.20. The van der Waals surface area contributed by atoms with Gasteiger partial charge in [0.25, 0.3) is 0 Å². The Morgan fingerprint density at radius 2 is 1.90 bits per heavy atom. The number of halogens is 3. The van der Waals surface area contributed by atoms with Gasteiger partial charge in [-0.2, -0.15) is 0 Å². The van der Waals surface area contributed by atoms with Crippen molar-refractivity contribution in [3.63, 3.8) is 0 Å². The number of rotatable bonds is 3. The average molecular weight is 374 g/mol. The third-order valence-electron chi connectivity index (χ3n) is 5.67. The van der Waals surface area contributed by atoms with E-state index in [0.29, 0.717) is 32.6 Å². The molecule has 114 valence electrons. The van der Waals surface area contributed by atoms with Crippen LogP contribution in [0.15, 0.2) is 16.6 Å². The highest BCUT2D eigenvalue weighted by Crippen LogP contribution is 2.69. The molecule has 3 rings (SSSR count). The van der Waals surface area contributed by atoms with Gasteiger partial charge in [-0.15, -0.1) is 11.6 Å². The first kappa shape index (κ1) is 15.3. The Balaban J connectivity index is 2.08. The van der Waals surface area contributed by atoms with E-state index in [1.54, 1.807) is 6.07 Å². The molecule has 0 aliphatic heterocycles. The number of imidazole rings is 1. The van der Waals surface area contributed by atoms with Crippen LogP contribution in [0.5, 0.6) is 0 Å². The molecule has 1 aromatic carbocycles. The summed E-state index contributed by atoms with van der Waals surface area (Å²) < 4.78 is 16.3. The molecule has 0 bridgehead atoms. The van der Waals surface area contributed by atoms with E-state index in [2.05, 4.69) is 53.2 Å². The molecule has 2 aromatic rings. The summed E-state index contributed by atoms with van der Waals surface area (Å²) in [7, 11) is 0. The Hall–Kier alpha value is -0.610. The number of hydrogen-bond acceptors (Lipinski definition) is 1. The molecule has 0 saturated heterocycles. The molecular weight excluding hydrogens is 355 g/mol. The highest BCUT2D eigenvalue weighted by atomic mass is 79.9. The normalized spacial score (nSPS) is 20.1. The van der Waals surface area contributed by atoms with Crippen molar-refractivity contribution in [2.45, 2.75) is 40.1 Å². The molecule has 1 aromatic heterocycles. The van der Waals surface area contributed by atoms with E-state index in [9.17, 15) is 4.39 Å². The van der Waals surface area contributed by atoms with Crippen molar-refractivity contribution in [3.8, 4) is 0 Å². The van der Waals surface area contributed by atoms with Gasteiger partial charge in [-0.1, -0.05) is 27.7 Å². The number of benzene rings is 1. The highest BCUT2D eigenvalue weighted by molar-refractivity contribution is 9.10. The predicted octanol–water partition coefficient (Wildman–Crippen LogP) is 5.36. The van der Waals surface area contributed by atoms with Crippen LogP contribution < -0.4 is 0 Å². The van der Waals surface area contributed by atoms with Crippen LogP contribution in [-0.4, -0.2) is 9.55 Å². The minimum atomic E-state index is -0.291. The Morgan fingerprint density at radius 3 is 2.43 bits per heavy atom. The molecule has 0 radical (unpaired) electrons. The second-order valence-corrected chi connectivity index (χ2v) is 8.14. The molecule has 1 aliphatic carbocycles. The van der Waals surface area contributed by atoms with E-state index >= 15 is 0 Å². The minimum Gasteiger partial charge on any atom is -0.327 e. The smallest absolute Gasteiger partial charge is 0.139 e. The van der Waals surface area contributed by atoms with Gasteiger partial charge in [-0.05, 0) is 38.7 Å². The van der Waals surface area contributed by atoms with Crippen LogP contribution in [0.1, 0.15) is 33.5 Å². The Bertz CT molecular complexity index is 707. The highest BCUT2D eigenvalue weighted by Gasteiger charge is 2.64. The summed E-state index contributed by atoms with van der Waals surface area (Å²) in [5, 5.41) is 0. The quantitative estimate of drug-likeness (QED) is 0.662. The molecule has 0 amide bonds. The third kappa shape index (κ3) is 2.14. The fourth-order valence-electron chi connectivity index (χ4n) is 3.45. The molecular formula is C16H19BrClFN2. The van der Waals surface area contributed by atoms with Crippen molar-refractivity contribution in [1.29, 1.82) is 0 Å². The summed E-state index contributed by atoms with van der Waals surface area (Å²) in [4.78, 5) is 4.48. The zero-order chi connectivity index (χ0) is 15.6. The van der Waals surface area contributed by atoms with E-state index < -0.39 is 0 Å². The zero-order valence-corrected chi connectivity index (χ0v) is 15.0. The lowest BCUT2D eigenvalue weighted by Crippen LogP contribution is -2.07. The number of nitrogens with zero attached hydrogens (tertiary/aromatic N) is 2. The lowest BCUT2D eigenvalue weighted by Gasteiger charge is -2.09. The molecule has 1 fully saturated rings. The van der Waals surface area contributed by atoms with Crippen molar-refractivity contribution >= 4 is 38.6 Å². The number of fused-ring (bicyclic) bond motifs is 1. The maximum absolute atomic E-state index is 13.7. The SMILES string of the molecule is CC1(C)C(Cn2c(CCl)nc3cc(F)c(Br)cc32)C1(C)C. The molecule has 1 aliphatic rings. The first-order valence-corrected chi connectivity index (χ1v) is 8.43. The fraction of sp³-hybridized carbons (Fsp3) is 0.562. The van der Waals surface area contributed by atoms with E-state index in [-0.39, 0.29) is 5.82 Å². The summed E-state index contributed by atoms with van der Waals surface area (Å²) in [6.45, 7) is 10.1. The van der Waals surface area contributed by atoms with Crippen LogP contribution in [0, 0.1) is 22.6 Å². The zero-order valence-electron chi connectivity index (χ0n) is 12.7. The molecule has 5 heteroatoms. The van der Waals surface area contributed by atoms with Gasteiger partial charge in [0.05, 0.1) is 21.4 Å². The van der Waals surface area contributed by atoms with Gasteiger partial charge in [0, 0.05) is 12.6 Å². The maximum atomic E-state index is 13.7. The van der Waals surface area contributed by atoms with Crippen LogP contribution in [0.3, 0.4) is 0 Å². The van der Waals surface area contributed by atoms with Gasteiger partial charge < -0.3 is 4.57 Å². The van der Waals surface area contributed by atoms with E-state index in [1.165, 1.54) is 6.07 Å². The summed E-state index contributed by atoms with van der Waals surface area (Å²) in [6, 6.07) is 3.27. The van der Waals surface area contributed by atoms with E-state index in [1.807, 2.05) is 0 Å². The Labute approximate surface area is 137 Å². The minimum absolute atomic E-state index is 0.291. The predicted molar refractivity (Wildman–Crippen MR) is 88.0 cm³/mol. The third-order valence-corrected chi connectivity index (χ3v) is 6.52. The van der Waals surface area contributed by atoms with Crippen LogP contribution in [0.4, 0.5) is 4.39 Å². The van der Waals surface area contributed by atoms with E-state index in [0.717, 1.165) is 17.9 Å². The molecule has 0 unspecified atom stereocenters. The van der Waals surface area contributed by atoms with Crippen molar-refractivity contribution in [2.75, 3.05) is 0 Å². The second-order valence-electron chi connectivity index (χ2n) is 7.02. The van der Waals surface area contributed by atoms with Crippen molar-refractivity contribution < 1.29 is 4.39 Å². The van der Waals surface area contributed by atoms with Crippen molar-refractivity contribution in [1.82, 2.24) is 9.55 Å². The monoisotopic (exact) mass is 372 g/mol. The van der Waals surface area contributed by atoms with Gasteiger partial charge >= 0.3 is 0 Å². The molecule has 21 heavy (non-hydrogen) atoms. The molecule has 0 atom stereocenters. The molecule has 0 N–H and O–H groups in total. The number of aromatic nitrogens is 2. The summed E-state index contributed by atoms with van der Waals surface area (Å²) >= 11 is 9.30. The van der Waals surface area contributed by atoms with Crippen molar-refractivity contribution in [3.05, 3.63) is 28.2 Å². The first-order valence-electron chi connectivity index (χ1n) is 7.10. The largest absolute Gasteiger partial charge is 0.327 e. The summed E-state index contributed by atoms with van der Waals surface area (Å²) in [6.07, 6.45) is 0. The van der Waals surface area contributed by atoms with Gasteiger partial charge in [0.1, 0.15) is 11.6 Å². The Morgan fingerprint density at radius 1 is 1.29 bits per heavy atom. The molecule has 1 saturated carbocycles. The first-order chi connectivity index (χ1) is 9.70. The van der Waals surface area contributed by atoms with Crippen LogP contribution in [0.2, 0.25) is 0 Å². The summed E-state index contributed by atoms with van der Waals surface area (Å²) in [5.74, 6) is 1.41. The van der Waals surface area contributed by atoms with Gasteiger partial charge in [0.2, 0.25) is 0 Å². The van der Waals surface area contributed by atoms with E-state index in [4.69, 9.17) is 11.6 Å². The maximum Gasteiger partial charge on any atom is 0.139 e. The molecule has 1 heterocycles. The van der Waals surface area contributed by atoms with Crippen LogP contribution >= 0.6 is 27.5 Å². The van der Waals surface area contributed by atoms with Gasteiger partial charge in [-0.3, -0.25) is 0 Å². The lowest BCUT2D eigenvalue weighted by molar-refractivity contribution is 0.457.